The van der Waals surface area contributed by atoms with Gasteiger partial charge in [0.05, 0.1) is 30.9 Å². The number of ketones is 1. The number of nitrogens with zero attached hydrogens (tertiary/aromatic N) is 1. The zero-order chi connectivity index (χ0) is 15.6. The number of hydrogen-bond donors (Lipinski definition) is 1. The molecule has 3 unspecified atom stereocenters. The smallest absolute Gasteiger partial charge is 0.182 e. The van der Waals surface area contributed by atoms with Crippen LogP contribution in [-0.4, -0.2) is 53.7 Å². The summed E-state index contributed by atoms with van der Waals surface area (Å²) in [6, 6.07) is 2.35. The number of Topliss-reactive ketones (excluding diaryl/α,β-unsaturated/α-hetero) is 1. The van der Waals surface area contributed by atoms with Crippen molar-refractivity contribution in [3.63, 3.8) is 0 Å². The van der Waals surface area contributed by atoms with E-state index in [9.17, 15) is 13.6 Å². The Hall–Kier alpha value is -1.37. The summed E-state index contributed by atoms with van der Waals surface area (Å²) >= 11 is 0. The maximum Gasteiger partial charge on any atom is 0.182 e. The second-order valence-corrected chi connectivity index (χ2v) is 5.35. The number of aliphatic hydroxyl groups excluding tert-OH is 1. The highest BCUT2D eigenvalue weighted by Crippen LogP contribution is 2.19. The minimum atomic E-state index is -0.855. The van der Waals surface area contributed by atoms with E-state index >= 15 is 0 Å². The molecule has 0 amide bonds. The van der Waals surface area contributed by atoms with Crippen LogP contribution in [0.15, 0.2) is 18.2 Å². The Balaban J connectivity index is 2.17. The van der Waals surface area contributed by atoms with Gasteiger partial charge in [-0.25, -0.2) is 8.78 Å². The zero-order valence-corrected chi connectivity index (χ0v) is 12.1. The van der Waals surface area contributed by atoms with E-state index in [2.05, 4.69) is 0 Å². The second-order valence-electron chi connectivity index (χ2n) is 5.35. The van der Waals surface area contributed by atoms with Crippen LogP contribution >= 0.6 is 0 Å². The summed E-state index contributed by atoms with van der Waals surface area (Å²) in [6.07, 6.45) is -0.352. The Labute approximate surface area is 122 Å². The van der Waals surface area contributed by atoms with Gasteiger partial charge >= 0.3 is 0 Å². The lowest BCUT2D eigenvalue weighted by Crippen LogP contribution is -2.55. The van der Waals surface area contributed by atoms with Gasteiger partial charge in [0, 0.05) is 18.7 Å². The van der Waals surface area contributed by atoms with Crippen molar-refractivity contribution in [2.45, 2.75) is 32.0 Å². The molecule has 1 saturated heterocycles. The minimum absolute atomic E-state index is 0.0183. The van der Waals surface area contributed by atoms with Crippen LogP contribution < -0.4 is 0 Å². The highest BCUT2D eigenvalue weighted by Gasteiger charge is 2.33. The number of aliphatic hydroxyl groups is 1. The predicted octanol–water partition coefficient (Wildman–Crippen LogP) is 1.62. The maximum atomic E-state index is 13.7. The summed E-state index contributed by atoms with van der Waals surface area (Å²) in [7, 11) is 0. The molecule has 0 aliphatic carbocycles. The lowest BCUT2D eigenvalue weighted by molar-refractivity contribution is -0.0847. The number of benzene rings is 1. The van der Waals surface area contributed by atoms with Gasteiger partial charge in [0.2, 0.25) is 0 Å². The molecule has 1 aromatic rings. The summed E-state index contributed by atoms with van der Waals surface area (Å²) in [6.45, 7) is 4.25. The number of morpholine rings is 1. The average Bonchev–Trinajstić information content (AvgIpc) is 2.46. The van der Waals surface area contributed by atoms with Crippen molar-refractivity contribution in [2.75, 3.05) is 19.8 Å². The summed E-state index contributed by atoms with van der Waals surface area (Å²) in [5.41, 5.74) is -0.122. The normalized spacial score (nSPS) is 24.8. The molecule has 0 bridgehead atoms. The van der Waals surface area contributed by atoms with Crippen LogP contribution in [0.2, 0.25) is 0 Å². The molecule has 6 heteroatoms. The van der Waals surface area contributed by atoms with Crippen LogP contribution in [0.4, 0.5) is 8.78 Å². The molecule has 0 aromatic heterocycles. The largest absolute Gasteiger partial charge is 0.394 e. The molecule has 21 heavy (non-hydrogen) atoms. The monoisotopic (exact) mass is 299 g/mol. The molecule has 4 nitrogen and oxygen atoms in total. The average molecular weight is 299 g/mol. The summed E-state index contributed by atoms with van der Waals surface area (Å²) < 4.78 is 32.1. The Bertz CT molecular complexity index is 524. The number of hydrogen-bond acceptors (Lipinski definition) is 4. The molecule has 1 aromatic carbocycles. The van der Waals surface area contributed by atoms with Crippen molar-refractivity contribution in [1.29, 1.82) is 0 Å². The van der Waals surface area contributed by atoms with E-state index in [1.807, 2.05) is 11.8 Å². The highest BCUT2D eigenvalue weighted by molar-refractivity contribution is 6.00. The van der Waals surface area contributed by atoms with Gasteiger partial charge in [-0.2, -0.15) is 0 Å². The van der Waals surface area contributed by atoms with Crippen LogP contribution in [0.25, 0.3) is 0 Å². The second kappa shape index (κ2) is 6.60. The first-order chi connectivity index (χ1) is 9.93. The van der Waals surface area contributed by atoms with Gasteiger partial charge in [0.15, 0.2) is 5.78 Å². The number of carbonyl (C=O) groups excluding carboxylic acids is 1. The van der Waals surface area contributed by atoms with Gasteiger partial charge in [-0.05, 0) is 26.0 Å². The predicted molar refractivity (Wildman–Crippen MR) is 73.1 cm³/mol. The highest BCUT2D eigenvalue weighted by atomic mass is 19.1. The topological polar surface area (TPSA) is 49.8 Å². The first kappa shape index (κ1) is 16.0. The first-order valence-corrected chi connectivity index (χ1v) is 6.91. The third kappa shape index (κ3) is 3.45. The number of halogens is 2. The van der Waals surface area contributed by atoms with E-state index in [0.29, 0.717) is 19.2 Å². The summed E-state index contributed by atoms with van der Waals surface area (Å²) in [5.74, 6) is -1.97. The van der Waals surface area contributed by atoms with Crippen molar-refractivity contribution in [1.82, 2.24) is 4.90 Å². The number of rotatable bonds is 4. The molecule has 2 rings (SSSR count). The standard InChI is InChI=1S/C15H19F2NO3/c1-9-8-21-12(7-19)6-18(9)10(2)15(20)13-4-3-11(16)5-14(13)17/h3-5,9-10,12,19H,6-8H2,1-2H3. The lowest BCUT2D eigenvalue weighted by Gasteiger charge is -2.40. The Morgan fingerprint density at radius 1 is 1.52 bits per heavy atom. The van der Waals surface area contributed by atoms with Crippen LogP contribution in [0.5, 0.6) is 0 Å². The molecule has 1 aliphatic heterocycles. The molecule has 1 heterocycles. The molecular weight excluding hydrogens is 280 g/mol. The van der Waals surface area contributed by atoms with Crippen molar-refractivity contribution in [3.05, 3.63) is 35.4 Å². The SMILES string of the molecule is CC1COC(CO)CN1C(C)C(=O)c1ccc(F)cc1F. The van der Waals surface area contributed by atoms with Crippen molar-refractivity contribution >= 4 is 5.78 Å². The fourth-order valence-electron chi connectivity index (χ4n) is 2.55. The zero-order valence-electron chi connectivity index (χ0n) is 12.1. The van der Waals surface area contributed by atoms with Crippen LogP contribution in [0.1, 0.15) is 24.2 Å². The van der Waals surface area contributed by atoms with Gasteiger partial charge in [-0.15, -0.1) is 0 Å². The van der Waals surface area contributed by atoms with E-state index in [1.54, 1.807) is 6.92 Å². The molecule has 0 radical (unpaired) electrons. The van der Waals surface area contributed by atoms with E-state index in [0.717, 1.165) is 12.1 Å². The van der Waals surface area contributed by atoms with Gasteiger partial charge in [0.25, 0.3) is 0 Å². The molecule has 1 aliphatic rings. The number of carbonyl (C=O) groups is 1. The fraction of sp³-hybridized carbons (Fsp3) is 0.533. The van der Waals surface area contributed by atoms with Gasteiger partial charge in [-0.3, -0.25) is 9.69 Å². The van der Waals surface area contributed by atoms with Crippen molar-refractivity contribution < 1.29 is 23.4 Å². The van der Waals surface area contributed by atoms with Gasteiger partial charge in [-0.1, -0.05) is 0 Å². The molecule has 0 spiro atoms. The van der Waals surface area contributed by atoms with Crippen molar-refractivity contribution in [2.24, 2.45) is 0 Å². The maximum absolute atomic E-state index is 13.7. The van der Waals surface area contributed by atoms with E-state index in [-0.39, 0.29) is 24.3 Å². The minimum Gasteiger partial charge on any atom is -0.394 e. The molecule has 1 fully saturated rings. The first-order valence-electron chi connectivity index (χ1n) is 6.91. The quantitative estimate of drug-likeness (QED) is 0.858. The van der Waals surface area contributed by atoms with E-state index < -0.39 is 23.5 Å². The van der Waals surface area contributed by atoms with Crippen LogP contribution in [0, 0.1) is 11.6 Å². The van der Waals surface area contributed by atoms with Crippen molar-refractivity contribution in [3.8, 4) is 0 Å². The Morgan fingerprint density at radius 3 is 2.86 bits per heavy atom. The Morgan fingerprint density at radius 2 is 2.24 bits per heavy atom. The summed E-state index contributed by atoms with van der Waals surface area (Å²) in [4.78, 5) is 14.3. The molecular formula is C15H19F2NO3. The fourth-order valence-corrected chi connectivity index (χ4v) is 2.55. The molecule has 116 valence electrons. The van der Waals surface area contributed by atoms with Crippen LogP contribution in [-0.2, 0) is 4.74 Å². The number of ether oxygens (including phenoxy) is 1. The van der Waals surface area contributed by atoms with Gasteiger partial charge in [0.1, 0.15) is 11.6 Å². The Kier molecular flexibility index (Phi) is 5.03. The third-order valence-corrected chi connectivity index (χ3v) is 3.83. The molecule has 3 atom stereocenters. The van der Waals surface area contributed by atoms with Gasteiger partial charge < -0.3 is 9.84 Å². The van der Waals surface area contributed by atoms with Crippen LogP contribution in [0.3, 0.4) is 0 Å². The lowest BCUT2D eigenvalue weighted by atomic mass is 10.0. The third-order valence-electron chi connectivity index (χ3n) is 3.83. The molecule has 1 N–H and O–H groups in total. The molecule has 0 saturated carbocycles. The van der Waals surface area contributed by atoms with E-state index in [1.165, 1.54) is 0 Å². The van der Waals surface area contributed by atoms with E-state index in [4.69, 9.17) is 9.84 Å². The summed E-state index contributed by atoms with van der Waals surface area (Å²) in [5, 5.41) is 9.17.